The molecule has 0 aromatic heterocycles. The third-order valence-corrected chi connectivity index (χ3v) is 6.24. The van der Waals surface area contributed by atoms with E-state index in [0.29, 0.717) is 11.5 Å². The second-order valence-corrected chi connectivity index (χ2v) is 9.25. The minimum Gasteiger partial charge on any atom is -0.484 e. The molecule has 0 bridgehead atoms. The van der Waals surface area contributed by atoms with Crippen LogP contribution in [0.2, 0.25) is 0 Å². The number of nitrogens with one attached hydrogen (secondary N) is 2. The predicted molar refractivity (Wildman–Crippen MR) is 156 cm³/mol. The topological polar surface area (TPSA) is 76.7 Å². The minimum atomic E-state index is -0.206. The second-order valence-electron chi connectivity index (χ2n) is 9.25. The fourth-order valence-corrected chi connectivity index (χ4v) is 4.05. The molecule has 4 aromatic rings. The molecule has 200 valence electrons. The lowest BCUT2D eigenvalue weighted by molar-refractivity contribution is -0.118. The number of carbonyl (C=O) groups excluding carboxylic acids is 2. The molecule has 4 aromatic carbocycles. The standard InChI is InChI=1S/C33H34N2O4/c1-3-24-7-5-9-30(20-24)38-22-32(36)34-28-15-11-26(12-16-28)19-27-13-17-29(18-14-27)35-33(37)23-39-31-10-6-8-25(4-2)21-31/h5-18,20-21H,3-4,19,22-23H2,1-2H3,(H,34,36)(H,35,37). The van der Waals surface area contributed by atoms with Gasteiger partial charge in [0.25, 0.3) is 11.8 Å². The minimum absolute atomic E-state index is 0.0457. The Balaban J connectivity index is 1.21. The Labute approximate surface area is 230 Å². The van der Waals surface area contributed by atoms with Gasteiger partial charge in [-0.2, -0.15) is 0 Å². The lowest BCUT2D eigenvalue weighted by atomic mass is 10.0. The van der Waals surface area contributed by atoms with Crippen LogP contribution in [-0.2, 0) is 28.9 Å². The van der Waals surface area contributed by atoms with Gasteiger partial charge < -0.3 is 20.1 Å². The van der Waals surface area contributed by atoms with Crippen molar-refractivity contribution in [1.82, 2.24) is 0 Å². The third-order valence-electron chi connectivity index (χ3n) is 6.24. The number of amides is 2. The molecule has 0 aliphatic carbocycles. The van der Waals surface area contributed by atoms with Gasteiger partial charge in [-0.1, -0.05) is 62.4 Å². The molecular weight excluding hydrogens is 488 g/mol. The fourth-order valence-electron chi connectivity index (χ4n) is 4.05. The number of rotatable bonds is 12. The Morgan fingerprint density at radius 1 is 0.564 bits per heavy atom. The van der Waals surface area contributed by atoms with E-state index in [1.54, 1.807) is 0 Å². The van der Waals surface area contributed by atoms with Gasteiger partial charge in [-0.15, -0.1) is 0 Å². The van der Waals surface area contributed by atoms with E-state index in [2.05, 4.69) is 24.5 Å². The van der Waals surface area contributed by atoms with Crippen molar-refractivity contribution < 1.29 is 19.1 Å². The number of aryl methyl sites for hydroxylation is 2. The molecule has 0 saturated carbocycles. The van der Waals surface area contributed by atoms with Gasteiger partial charge >= 0.3 is 0 Å². The zero-order valence-electron chi connectivity index (χ0n) is 22.4. The first-order valence-corrected chi connectivity index (χ1v) is 13.2. The van der Waals surface area contributed by atoms with Gasteiger partial charge in [0.15, 0.2) is 13.2 Å². The zero-order chi connectivity index (χ0) is 27.5. The van der Waals surface area contributed by atoms with Crippen LogP contribution in [0, 0.1) is 0 Å². The summed E-state index contributed by atoms with van der Waals surface area (Å²) in [5, 5.41) is 5.74. The van der Waals surface area contributed by atoms with E-state index < -0.39 is 0 Å². The van der Waals surface area contributed by atoms with Crippen molar-refractivity contribution in [2.45, 2.75) is 33.1 Å². The molecule has 4 rings (SSSR count). The van der Waals surface area contributed by atoms with Crippen LogP contribution in [0.3, 0.4) is 0 Å². The molecule has 0 fully saturated rings. The first-order chi connectivity index (χ1) is 19.0. The van der Waals surface area contributed by atoms with E-state index in [-0.39, 0.29) is 25.0 Å². The summed E-state index contributed by atoms with van der Waals surface area (Å²) < 4.78 is 11.2. The van der Waals surface area contributed by atoms with Crippen molar-refractivity contribution in [3.8, 4) is 11.5 Å². The summed E-state index contributed by atoms with van der Waals surface area (Å²) >= 11 is 0. The molecule has 2 amide bonds. The van der Waals surface area contributed by atoms with Crippen molar-refractivity contribution in [1.29, 1.82) is 0 Å². The summed E-state index contributed by atoms with van der Waals surface area (Å²) in [5.41, 5.74) is 6.00. The number of benzene rings is 4. The quantitative estimate of drug-likeness (QED) is 0.225. The Hall–Kier alpha value is -4.58. The van der Waals surface area contributed by atoms with Crippen molar-refractivity contribution in [2.24, 2.45) is 0 Å². The lowest BCUT2D eigenvalue weighted by Gasteiger charge is -2.10. The van der Waals surface area contributed by atoms with Gasteiger partial charge in [0.2, 0.25) is 0 Å². The first-order valence-electron chi connectivity index (χ1n) is 13.2. The van der Waals surface area contributed by atoms with Crippen molar-refractivity contribution in [3.05, 3.63) is 119 Å². The molecule has 0 heterocycles. The molecule has 0 saturated heterocycles. The van der Waals surface area contributed by atoms with Crippen LogP contribution < -0.4 is 20.1 Å². The van der Waals surface area contributed by atoms with Crippen LogP contribution in [0.15, 0.2) is 97.1 Å². The van der Waals surface area contributed by atoms with Crippen LogP contribution >= 0.6 is 0 Å². The monoisotopic (exact) mass is 522 g/mol. The SMILES string of the molecule is CCc1cccc(OCC(=O)Nc2ccc(Cc3ccc(NC(=O)COc4cccc(CC)c4)cc3)cc2)c1. The summed E-state index contributed by atoms with van der Waals surface area (Å²) in [7, 11) is 0. The summed E-state index contributed by atoms with van der Waals surface area (Å²) in [4.78, 5) is 24.6. The number of ether oxygens (including phenoxy) is 2. The average molecular weight is 523 g/mol. The molecule has 0 unspecified atom stereocenters. The summed E-state index contributed by atoms with van der Waals surface area (Å²) in [6.07, 6.45) is 2.57. The average Bonchev–Trinajstić information content (AvgIpc) is 2.97. The smallest absolute Gasteiger partial charge is 0.262 e. The molecule has 6 nitrogen and oxygen atoms in total. The second kappa shape index (κ2) is 13.8. The van der Waals surface area contributed by atoms with Crippen LogP contribution in [0.5, 0.6) is 11.5 Å². The van der Waals surface area contributed by atoms with E-state index in [0.717, 1.165) is 41.8 Å². The maximum absolute atomic E-state index is 12.3. The normalized spacial score (nSPS) is 10.5. The molecule has 39 heavy (non-hydrogen) atoms. The lowest BCUT2D eigenvalue weighted by Crippen LogP contribution is -2.20. The van der Waals surface area contributed by atoms with Gasteiger partial charge in [-0.05, 0) is 90.0 Å². The molecule has 0 radical (unpaired) electrons. The van der Waals surface area contributed by atoms with Crippen LogP contribution in [0.1, 0.15) is 36.1 Å². The van der Waals surface area contributed by atoms with Crippen LogP contribution in [0.25, 0.3) is 0 Å². The van der Waals surface area contributed by atoms with E-state index >= 15 is 0 Å². The van der Waals surface area contributed by atoms with E-state index in [4.69, 9.17) is 9.47 Å². The molecule has 0 aliphatic rings. The summed E-state index contributed by atoms with van der Waals surface area (Å²) in [6.45, 7) is 4.07. The maximum atomic E-state index is 12.3. The highest BCUT2D eigenvalue weighted by atomic mass is 16.5. The van der Waals surface area contributed by atoms with E-state index in [1.807, 2.05) is 97.1 Å². The largest absolute Gasteiger partial charge is 0.484 e. The Bertz CT molecular complexity index is 1270. The van der Waals surface area contributed by atoms with Gasteiger partial charge in [-0.3, -0.25) is 9.59 Å². The van der Waals surface area contributed by atoms with Gasteiger partial charge in [-0.25, -0.2) is 0 Å². The molecule has 6 heteroatoms. The van der Waals surface area contributed by atoms with Gasteiger partial charge in [0, 0.05) is 11.4 Å². The Morgan fingerprint density at radius 3 is 1.36 bits per heavy atom. The highest BCUT2D eigenvalue weighted by Gasteiger charge is 2.07. The highest BCUT2D eigenvalue weighted by molar-refractivity contribution is 5.92. The molecular formula is C33H34N2O4. The molecule has 0 atom stereocenters. The number of hydrogen-bond donors (Lipinski definition) is 2. The highest BCUT2D eigenvalue weighted by Crippen LogP contribution is 2.18. The number of anilines is 2. The Morgan fingerprint density at radius 2 is 0.974 bits per heavy atom. The number of hydrogen-bond acceptors (Lipinski definition) is 4. The molecule has 0 aliphatic heterocycles. The fraction of sp³-hybridized carbons (Fsp3) is 0.212. The van der Waals surface area contributed by atoms with Crippen LogP contribution in [-0.4, -0.2) is 25.0 Å². The Kier molecular flexibility index (Phi) is 9.73. The predicted octanol–water partition coefficient (Wildman–Crippen LogP) is 6.44. The van der Waals surface area contributed by atoms with E-state index in [1.165, 1.54) is 11.1 Å². The summed E-state index contributed by atoms with van der Waals surface area (Å²) in [6, 6.07) is 31.0. The zero-order valence-corrected chi connectivity index (χ0v) is 22.4. The summed E-state index contributed by atoms with van der Waals surface area (Å²) in [5.74, 6) is 0.970. The van der Waals surface area contributed by atoms with Crippen molar-refractivity contribution in [3.63, 3.8) is 0 Å². The van der Waals surface area contributed by atoms with Gasteiger partial charge in [0.05, 0.1) is 0 Å². The van der Waals surface area contributed by atoms with E-state index in [9.17, 15) is 9.59 Å². The molecule has 0 spiro atoms. The number of carbonyl (C=O) groups is 2. The first kappa shape index (κ1) is 27.5. The van der Waals surface area contributed by atoms with Crippen molar-refractivity contribution in [2.75, 3.05) is 23.8 Å². The maximum Gasteiger partial charge on any atom is 0.262 e. The molecule has 2 N–H and O–H groups in total. The van der Waals surface area contributed by atoms with Crippen LogP contribution in [0.4, 0.5) is 11.4 Å². The van der Waals surface area contributed by atoms with Gasteiger partial charge in [0.1, 0.15) is 11.5 Å². The van der Waals surface area contributed by atoms with Crippen molar-refractivity contribution >= 4 is 23.2 Å². The third kappa shape index (κ3) is 8.75.